The Bertz CT molecular complexity index is 890. The zero-order chi connectivity index (χ0) is 20.1. The van der Waals surface area contributed by atoms with Crippen molar-refractivity contribution in [2.24, 2.45) is 5.92 Å². The molecule has 0 saturated heterocycles. The summed E-state index contributed by atoms with van der Waals surface area (Å²) in [5.41, 5.74) is 5.30. The molecule has 0 aliphatic heterocycles. The van der Waals surface area contributed by atoms with E-state index in [-0.39, 0.29) is 23.1 Å². The van der Waals surface area contributed by atoms with E-state index in [1.807, 2.05) is 37.3 Å². The van der Waals surface area contributed by atoms with Crippen molar-refractivity contribution in [1.29, 1.82) is 0 Å². The molecular weight excluding hydrogens is 348 g/mol. The van der Waals surface area contributed by atoms with Crippen LogP contribution in [-0.4, -0.2) is 18.2 Å². The summed E-state index contributed by atoms with van der Waals surface area (Å²) in [5.74, 6) is -0.326. The lowest BCUT2D eigenvalue weighted by Gasteiger charge is -2.16. The third-order valence-corrected chi connectivity index (χ3v) is 5.39. The topological polar surface area (TPSA) is 43.4 Å². The van der Waals surface area contributed by atoms with Crippen LogP contribution >= 0.6 is 0 Å². The Labute approximate surface area is 167 Å². The average Bonchev–Trinajstić information content (AvgIpc) is 3.55. The Balaban J connectivity index is 2.04. The van der Waals surface area contributed by atoms with Crippen molar-refractivity contribution in [3.63, 3.8) is 0 Å². The molecule has 3 heteroatoms. The van der Waals surface area contributed by atoms with Crippen molar-refractivity contribution in [1.82, 2.24) is 0 Å². The minimum absolute atomic E-state index is 0.0239. The minimum atomic E-state index is -0.220. The molecule has 146 valence electrons. The van der Waals surface area contributed by atoms with E-state index in [0.29, 0.717) is 18.6 Å². The summed E-state index contributed by atoms with van der Waals surface area (Å²) in [6.45, 7) is 6.47. The number of carbonyl (C=O) groups is 2. The first-order valence-electron chi connectivity index (χ1n) is 10.1. The summed E-state index contributed by atoms with van der Waals surface area (Å²) >= 11 is 0. The molecule has 2 aromatic carbocycles. The van der Waals surface area contributed by atoms with Crippen LogP contribution in [0.4, 0.5) is 0 Å². The number of benzene rings is 2. The van der Waals surface area contributed by atoms with Gasteiger partial charge in [0.25, 0.3) is 0 Å². The summed E-state index contributed by atoms with van der Waals surface area (Å²) in [4.78, 5) is 26.2. The summed E-state index contributed by atoms with van der Waals surface area (Å²) in [7, 11) is 0. The number of allylic oxidation sites excluding steroid dienone is 1. The molecule has 0 N–H and O–H groups in total. The number of carbonyl (C=O) groups excluding carboxylic acids is 2. The molecule has 0 amide bonds. The summed E-state index contributed by atoms with van der Waals surface area (Å²) in [6, 6.07) is 14.0. The quantitative estimate of drug-likeness (QED) is 0.198. The number of aryl methyl sites for hydroxylation is 1. The van der Waals surface area contributed by atoms with Gasteiger partial charge in [0.1, 0.15) is 5.57 Å². The highest BCUT2D eigenvalue weighted by Crippen LogP contribution is 2.34. The van der Waals surface area contributed by atoms with Crippen LogP contribution in [0.2, 0.25) is 0 Å². The number of ketones is 2. The Hall–Kier alpha value is -2.68. The monoisotopic (exact) mass is 376 g/mol. The van der Waals surface area contributed by atoms with Crippen LogP contribution in [0.5, 0.6) is 0 Å². The SMILES string of the molecule is CCOC=C(C(=O)c1ccc(CC)c(C)c1Cc1ccccc1)C(=O)C1CC1. The minimum Gasteiger partial charge on any atom is -0.501 e. The molecule has 0 radical (unpaired) electrons. The molecule has 1 saturated carbocycles. The molecule has 1 aliphatic carbocycles. The van der Waals surface area contributed by atoms with E-state index in [1.54, 1.807) is 0 Å². The summed E-state index contributed by atoms with van der Waals surface area (Å²) < 4.78 is 5.37. The summed E-state index contributed by atoms with van der Waals surface area (Å²) in [6.07, 6.45) is 4.67. The number of hydrogen-bond donors (Lipinski definition) is 0. The molecule has 3 rings (SSSR count). The maximum absolute atomic E-state index is 13.4. The standard InChI is InChI=1S/C25H28O3/c1-4-19-13-14-21(22(17(19)3)15-18-9-7-6-8-10-18)25(27)23(16-28-5-2)24(26)20-11-12-20/h6-10,13-14,16,20H,4-5,11-12,15H2,1-3H3. The lowest BCUT2D eigenvalue weighted by molar-refractivity contribution is -0.116. The zero-order valence-electron chi connectivity index (χ0n) is 17.0. The average molecular weight is 376 g/mol. The van der Waals surface area contributed by atoms with E-state index in [9.17, 15) is 9.59 Å². The second-order valence-corrected chi connectivity index (χ2v) is 7.35. The number of ether oxygens (including phenoxy) is 1. The smallest absolute Gasteiger partial charge is 0.200 e. The van der Waals surface area contributed by atoms with E-state index in [4.69, 9.17) is 4.74 Å². The first-order valence-corrected chi connectivity index (χ1v) is 10.1. The number of Topliss-reactive ketones (excluding diaryl/α,β-unsaturated/α-hetero) is 2. The van der Waals surface area contributed by atoms with E-state index in [0.717, 1.165) is 36.0 Å². The van der Waals surface area contributed by atoms with Gasteiger partial charge in [-0.3, -0.25) is 9.59 Å². The highest BCUT2D eigenvalue weighted by atomic mass is 16.5. The molecular formula is C25H28O3. The molecule has 0 bridgehead atoms. The molecule has 28 heavy (non-hydrogen) atoms. The first-order chi connectivity index (χ1) is 13.6. The van der Waals surface area contributed by atoms with Gasteiger partial charge in [0.05, 0.1) is 12.9 Å². The first kappa shape index (κ1) is 20.1. The maximum atomic E-state index is 13.4. The third-order valence-electron chi connectivity index (χ3n) is 5.39. The highest BCUT2D eigenvalue weighted by Gasteiger charge is 2.35. The van der Waals surface area contributed by atoms with Gasteiger partial charge in [-0.2, -0.15) is 0 Å². The second kappa shape index (κ2) is 9.01. The van der Waals surface area contributed by atoms with Gasteiger partial charge < -0.3 is 4.74 Å². The largest absolute Gasteiger partial charge is 0.501 e. The van der Waals surface area contributed by atoms with Crippen LogP contribution < -0.4 is 0 Å². The molecule has 0 heterocycles. The molecule has 1 fully saturated rings. The van der Waals surface area contributed by atoms with Crippen molar-refractivity contribution < 1.29 is 14.3 Å². The molecule has 0 aromatic heterocycles. The van der Waals surface area contributed by atoms with Gasteiger partial charge in [-0.15, -0.1) is 0 Å². The number of hydrogen-bond acceptors (Lipinski definition) is 3. The van der Waals surface area contributed by atoms with Crippen molar-refractivity contribution in [3.8, 4) is 0 Å². The van der Waals surface area contributed by atoms with E-state index >= 15 is 0 Å². The lowest BCUT2D eigenvalue weighted by atomic mass is 9.87. The summed E-state index contributed by atoms with van der Waals surface area (Å²) in [5, 5.41) is 0. The van der Waals surface area contributed by atoms with Gasteiger partial charge in [-0.1, -0.05) is 49.4 Å². The van der Waals surface area contributed by atoms with Crippen LogP contribution in [0.3, 0.4) is 0 Å². The molecule has 0 unspecified atom stereocenters. The van der Waals surface area contributed by atoms with Crippen molar-refractivity contribution in [2.75, 3.05) is 6.61 Å². The fourth-order valence-electron chi connectivity index (χ4n) is 3.53. The molecule has 3 nitrogen and oxygen atoms in total. The third kappa shape index (κ3) is 4.41. The predicted octanol–water partition coefficient (Wildman–Crippen LogP) is 5.23. The fourth-order valence-corrected chi connectivity index (χ4v) is 3.53. The zero-order valence-corrected chi connectivity index (χ0v) is 17.0. The van der Waals surface area contributed by atoms with Crippen molar-refractivity contribution >= 4 is 11.6 Å². The van der Waals surface area contributed by atoms with Crippen LogP contribution in [0.15, 0.2) is 54.3 Å². The van der Waals surface area contributed by atoms with Gasteiger partial charge in [-0.05, 0) is 61.8 Å². The van der Waals surface area contributed by atoms with Gasteiger partial charge >= 0.3 is 0 Å². The van der Waals surface area contributed by atoms with Crippen molar-refractivity contribution in [2.45, 2.75) is 46.5 Å². The van der Waals surface area contributed by atoms with Crippen molar-refractivity contribution in [3.05, 3.63) is 82.1 Å². The van der Waals surface area contributed by atoms with Gasteiger partial charge in [0.15, 0.2) is 11.6 Å². The van der Waals surface area contributed by atoms with E-state index in [2.05, 4.69) is 26.0 Å². The Morgan fingerprint density at radius 3 is 2.39 bits per heavy atom. The van der Waals surface area contributed by atoms with E-state index < -0.39 is 0 Å². The van der Waals surface area contributed by atoms with Crippen LogP contribution in [0, 0.1) is 12.8 Å². The van der Waals surface area contributed by atoms with Gasteiger partial charge in [0.2, 0.25) is 0 Å². The predicted molar refractivity (Wildman–Crippen MR) is 112 cm³/mol. The Morgan fingerprint density at radius 1 is 1.07 bits per heavy atom. The molecule has 0 spiro atoms. The molecule has 1 aliphatic rings. The normalized spacial score (nSPS) is 14.0. The molecule has 2 aromatic rings. The van der Waals surface area contributed by atoms with E-state index in [1.165, 1.54) is 11.8 Å². The molecule has 0 atom stereocenters. The Morgan fingerprint density at radius 2 is 1.79 bits per heavy atom. The lowest BCUT2D eigenvalue weighted by Crippen LogP contribution is -2.18. The maximum Gasteiger partial charge on any atom is 0.200 e. The van der Waals surface area contributed by atoms with Gasteiger partial charge in [0, 0.05) is 11.5 Å². The second-order valence-electron chi connectivity index (χ2n) is 7.35. The highest BCUT2D eigenvalue weighted by molar-refractivity contribution is 6.27. The Kier molecular flexibility index (Phi) is 6.45. The van der Waals surface area contributed by atoms with Crippen LogP contribution in [0.25, 0.3) is 0 Å². The number of rotatable bonds is 9. The fraction of sp³-hybridized carbons (Fsp3) is 0.360. The van der Waals surface area contributed by atoms with Crippen LogP contribution in [-0.2, 0) is 22.4 Å². The van der Waals surface area contributed by atoms with Crippen LogP contribution in [0.1, 0.15) is 59.3 Å². The van der Waals surface area contributed by atoms with Gasteiger partial charge in [-0.25, -0.2) is 0 Å².